The molecule has 0 bridgehead atoms. The van der Waals surface area contributed by atoms with E-state index in [0.29, 0.717) is 17.3 Å². The van der Waals surface area contributed by atoms with Gasteiger partial charge in [-0.1, -0.05) is 78.4 Å². The topological polar surface area (TPSA) is 69.7 Å². The third-order valence-electron chi connectivity index (χ3n) is 7.48. The van der Waals surface area contributed by atoms with Gasteiger partial charge in [-0.25, -0.2) is 4.90 Å². The van der Waals surface area contributed by atoms with Crippen LogP contribution in [0.5, 0.6) is 0 Å². The van der Waals surface area contributed by atoms with Crippen molar-refractivity contribution in [3.63, 3.8) is 0 Å². The van der Waals surface area contributed by atoms with Crippen molar-refractivity contribution in [2.45, 2.75) is 18.5 Å². The van der Waals surface area contributed by atoms with E-state index in [0.717, 1.165) is 16.8 Å². The Balaban J connectivity index is 1.40. The molecular formula is C29H24ClN3O3. The Morgan fingerprint density at radius 1 is 0.944 bits per heavy atom. The van der Waals surface area contributed by atoms with Crippen molar-refractivity contribution in [2.75, 3.05) is 16.3 Å². The first-order chi connectivity index (χ1) is 17.4. The van der Waals surface area contributed by atoms with Gasteiger partial charge in [-0.05, 0) is 36.8 Å². The highest BCUT2D eigenvalue weighted by atomic mass is 35.5. The van der Waals surface area contributed by atoms with Crippen LogP contribution in [0.4, 0.5) is 11.4 Å². The molecule has 0 aliphatic carbocycles. The molecule has 4 atom stereocenters. The van der Waals surface area contributed by atoms with Crippen LogP contribution in [0.2, 0.25) is 5.02 Å². The Kier molecular flexibility index (Phi) is 5.32. The fraction of sp³-hybridized carbons (Fsp3) is 0.207. The normalized spacial score (nSPS) is 26.9. The largest absolute Gasteiger partial charge is 0.306 e. The van der Waals surface area contributed by atoms with Gasteiger partial charge in [0.25, 0.3) is 5.91 Å². The standard InChI is InChI=1S/C29H24ClN3O3/c1-18-24-25(27(35)33(26(24)34)21-13-7-12-20(30)17-21)29(31-18)22-14-5-6-15-23(22)32(28(29)36)16-8-11-19-9-3-2-4-10-19/h2-15,17-18,24-25,31H,16H2,1H3/b11-8-/t18-,24+,25-,29-/m0/s1. The van der Waals surface area contributed by atoms with Crippen molar-refractivity contribution in [1.82, 2.24) is 5.32 Å². The lowest BCUT2D eigenvalue weighted by atomic mass is 9.76. The molecule has 3 heterocycles. The van der Waals surface area contributed by atoms with Crippen LogP contribution in [0.3, 0.4) is 0 Å². The van der Waals surface area contributed by atoms with Gasteiger partial charge in [-0.15, -0.1) is 0 Å². The smallest absolute Gasteiger partial charge is 0.253 e. The van der Waals surface area contributed by atoms with E-state index in [4.69, 9.17) is 11.6 Å². The molecule has 3 aliphatic rings. The van der Waals surface area contributed by atoms with E-state index in [9.17, 15) is 14.4 Å². The van der Waals surface area contributed by atoms with Crippen molar-refractivity contribution in [3.05, 3.63) is 101 Å². The van der Waals surface area contributed by atoms with Gasteiger partial charge in [0.05, 0.1) is 17.5 Å². The number of imide groups is 1. The fourth-order valence-corrected chi connectivity index (χ4v) is 6.20. The number of rotatable bonds is 4. The van der Waals surface area contributed by atoms with Crippen LogP contribution in [0.1, 0.15) is 18.1 Å². The van der Waals surface area contributed by atoms with Crippen molar-refractivity contribution >= 4 is 46.8 Å². The number of hydrogen-bond donors (Lipinski definition) is 1. The molecule has 3 amide bonds. The van der Waals surface area contributed by atoms with Crippen molar-refractivity contribution < 1.29 is 14.4 Å². The number of benzene rings is 3. The van der Waals surface area contributed by atoms with Crippen LogP contribution >= 0.6 is 11.6 Å². The van der Waals surface area contributed by atoms with Crippen LogP contribution in [0.25, 0.3) is 6.08 Å². The molecule has 2 saturated heterocycles. The predicted octanol–water partition coefficient (Wildman–Crippen LogP) is 4.39. The molecule has 0 unspecified atom stereocenters. The first kappa shape index (κ1) is 22.7. The summed E-state index contributed by atoms with van der Waals surface area (Å²) in [7, 11) is 0. The summed E-state index contributed by atoms with van der Waals surface area (Å²) in [5, 5.41) is 3.84. The summed E-state index contributed by atoms with van der Waals surface area (Å²) in [5.74, 6) is -2.41. The van der Waals surface area contributed by atoms with Crippen LogP contribution in [0.15, 0.2) is 84.9 Å². The number of halogens is 1. The molecular weight excluding hydrogens is 474 g/mol. The molecule has 3 aliphatic heterocycles. The van der Waals surface area contributed by atoms with Crippen molar-refractivity contribution in [3.8, 4) is 0 Å². The van der Waals surface area contributed by atoms with Gasteiger partial charge in [-0.3, -0.25) is 19.7 Å². The highest BCUT2D eigenvalue weighted by molar-refractivity contribution is 6.31. The predicted molar refractivity (Wildman–Crippen MR) is 139 cm³/mol. The lowest BCUT2D eigenvalue weighted by Crippen LogP contribution is -2.55. The molecule has 1 spiro atoms. The zero-order valence-corrected chi connectivity index (χ0v) is 20.4. The van der Waals surface area contributed by atoms with Gasteiger partial charge in [0, 0.05) is 28.9 Å². The fourth-order valence-electron chi connectivity index (χ4n) is 6.02. The Labute approximate surface area is 214 Å². The van der Waals surface area contributed by atoms with E-state index < -0.39 is 17.4 Å². The van der Waals surface area contributed by atoms with Crippen LogP contribution in [-0.2, 0) is 19.9 Å². The zero-order chi connectivity index (χ0) is 25.0. The van der Waals surface area contributed by atoms with Crippen LogP contribution in [0, 0.1) is 11.8 Å². The number of amides is 3. The minimum absolute atomic E-state index is 0.213. The van der Waals surface area contributed by atoms with Gasteiger partial charge in [0.2, 0.25) is 11.8 Å². The molecule has 3 aromatic carbocycles. The molecule has 36 heavy (non-hydrogen) atoms. The number of anilines is 2. The molecule has 0 radical (unpaired) electrons. The second kappa shape index (κ2) is 8.43. The zero-order valence-electron chi connectivity index (χ0n) is 19.6. The van der Waals surface area contributed by atoms with E-state index in [1.807, 2.05) is 73.7 Å². The summed E-state index contributed by atoms with van der Waals surface area (Å²) < 4.78 is 0. The van der Waals surface area contributed by atoms with Crippen molar-refractivity contribution in [2.24, 2.45) is 11.8 Å². The summed E-state index contributed by atoms with van der Waals surface area (Å²) in [6.45, 7) is 2.22. The third-order valence-corrected chi connectivity index (χ3v) is 7.71. The van der Waals surface area contributed by atoms with E-state index in [2.05, 4.69) is 5.32 Å². The van der Waals surface area contributed by atoms with Gasteiger partial charge in [-0.2, -0.15) is 0 Å². The minimum atomic E-state index is -1.30. The highest BCUT2D eigenvalue weighted by Gasteiger charge is 2.71. The second-order valence-electron chi connectivity index (χ2n) is 9.48. The summed E-state index contributed by atoms with van der Waals surface area (Å²) in [5.41, 5.74) is 1.64. The SMILES string of the molecule is C[C@@H]1N[C@]2(C(=O)N(C/C=C\c3ccccc3)c3ccccc32)[C@@H]2C(=O)N(c3cccc(Cl)c3)C(=O)[C@H]12. The van der Waals surface area contributed by atoms with Crippen molar-refractivity contribution in [1.29, 1.82) is 0 Å². The maximum Gasteiger partial charge on any atom is 0.253 e. The molecule has 7 heteroatoms. The van der Waals surface area contributed by atoms with Gasteiger partial charge in [0.1, 0.15) is 5.54 Å². The Morgan fingerprint density at radius 3 is 2.47 bits per heavy atom. The first-order valence-corrected chi connectivity index (χ1v) is 12.4. The third kappa shape index (κ3) is 3.18. The number of para-hydroxylation sites is 1. The minimum Gasteiger partial charge on any atom is -0.306 e. The second-order valence-corrected chi connectivity index (χ2v) is 9.92. The molecule has 6 nitrogen and oxygen atoms in total. The number of carbonyl (C=O) groups excluding carboxylic acids is 3. The summed E-state index contributed by atoms with van der Waals surface area (Å²) >= 11 is 6.16. The average molecular weight is 498 g/mol. The Morgan fingerprint density at radius 2 is 1.69 bits per heavy atom. The first-order valence-electron chi connectivity index (χ1n) is 12.0. The molecule has 1 N–H and O–H groups in total. The summed E-state index contributed by atoms with van der Waals surface area (Å²) in [6.07, 6.45) is 3.91. The van der Waals surface area contributed by atoms with E-state index in [-0.39, 0.29) is 23.8 Å². The van der Waals surface area contributed by atoms with Gasteiger partial charge >= 0.3 is 0 Å². The Bertz CT molecular complexity index is 1420. The molecule has 0 saturated carbocycles. The number of fused-ring (bicyclic) bond motifs is 4. The maximum absolute atomic E-state index is 14.2. The summed E-state index contributed by atoms with van der Waals surface area (Å²) in [6, 6.07) is 23.7. The van der Waals surface area contributed by atoms with Crippen LogP contribution < -0.4 is 15.1 Å². The quantitative estimate of drug-likeness (QED) is 0.543. The molecule has 6 rings (SSSR count). The lowest BCUT2D eigenvalue weighted by molar-refractivity contribution is -0.132. The molecule has 180 valence electrons. The number of hydrogen-bond acceptors (Lipinski definition) is 4. The van der Waals surface area contributed by atoms with E-state index >= 15 is 0 Å². The summed E-state index contributed by atoms with van der Waals surface area (Å²) in [4.78, 5) is 44.6. The molecule has 3 aromatic rings. The van der Waals surface area contributed by atoms with Gasteiger partial charge < -0.3 is 4.90 Å². The van der Waals surface area contributed by atoms with Gasteiger partial charge in [0.15, 0.2) is 0 Å². The number of nitrogens with zero attached hydrogens (tertiary/aromatic N) is 2. The monoisotopic (exact) mass is 497 g/mol. The molecule has 0 aromatic heterocycles. The number of nitrogens with one attached hydrogen (secondary N) is 1. The maximum atomic E-state index is 14.2. The Hall–Kier alpha value is -3.74. The lowest BCUT2D eigenvalue weighted by Gasteiger charge is -2.30. The van der Waals surface area contributed by atoms with E-state index in [1.54, 1.807) is 29.2 Å². The molecule has 2 fully saturated rings. The average Bonchev–Trinajstić information content (AvgIpc) is 3.43. The highest BCUT2D eigenvalue weighted by Crippen LogP contribution is 2.55. The van der Waals surface area contributed by atoms with Crippen LogP contribution in [-0.4, -0.2) is 30.3 Å². The van der Waals surface area contributed by atoms with E-state index in [1.165, 1.54) is 4.90 Å². The number of carbonyl (C=O) groups is 3.